The first-order chi connectivity index (χ1) is 8.69. The SMILES string of the molecule is CCOC(=O)C1OCCC=C1OS(=O)(=O)C(F)(F)F. The molecule has 1 atom stereocenters. The molecule has 0 bridgehead atoms. The van der Waals surface area contributed by atoms with Gasteiger partial charge in [-0.05, 0) is 19.4 Å². The molecule has 0 aromatic carbocycles. The molecule has 0 N–H and O–H groups in total. The van der Waals surface area contributed by atoms with Crippen LogP contribution < -0.4 is 0 Å². The molecule has 0 aromatic heterocycles. The Hall–Kier alpha value is -1.29. The number of hydrogen-bond acceptors (Lipinski definition) is 6. The van der Waals surface area contributed by atoms with Gasteiger partial charge < -0.3 is 13.7 Å². The quantitative estimate of drug-likeness (QED) is 0.439. The molecule has 6 nitrogen and oxygen atoms in total. The molecule has 0 radical (unpaired) electrons. The van der Waals surface area contributed by atoms with Crippen LogP contribution in [0.4, 0.5) is 13.2 Å². The first-order valence-corrected chi connectivity index (χ1v) is 6.59. The van der Waals surface area contributed by atoms with E-state index in [1.165, 1.54) is 6.92 Å². The summed E-state index contributed by atoms with van der Waals surface area (Å²) in [6, 6.07) is 0. The molecule has 1 heterocycles. The summed E-state index contributed by atoms with van der Waals surface area (Å²) in [6.45, 7) is 1.50. The van der Waals surface area contributed by atoms with Crippen molar-refractivity contribution in [2.75, 3.05) is 13.2 Å². The number of esters is 1. The van der Waals surface area contributed by atoms with Gasteiger partial charge in [-0.3, -0.25) is 0 Å². The van der Waals surface area contributed by atoms with Gasteiger partial charge in [0, 0.05) is 0 Å². The van der Waals surface area contributed by atoms with Crippen molar-refractivity contribution in [3.05, 3.63) is 11.8 Å². The van der Waals surface area contributed by atoms with Crippen molar-refractivity contribution < 1.29 is 40.0 Å². The van der Waals surface area contributed by atoms with Crippen molar-refractivity contribution in [3.63, 3.8) is 0 Å². The van der Waals surface area contributed by atoms with Gasteiger partial charge in [0.15, 0.2) is 5.76 Å². The van der Waals surface area contributed by atoms with Crippen molar-refractivity contribution in [3.8, 4) is 0 Å². The molecule has 1 unspecified atom stereocenters. The fourth-order valence-electron chi connectivity index (χ4n) is 1.23. The molecular formula is C9H11F3O6S. The largest absolute Gasteiger partial charge is 0.534 e. The van der Waals surface area contributed by atoms with Crippen molar-refractivity contribution in [2.45, 2.75) is 25.0 Å². The van der Waals surface area contributed by atoms with E-state index in [2.05, 4.69) is 8.92 Å². The Morgan fingerprint density at radius 3 is 2.68 bits per heavy atom. The lowest BCUT2D eigenvalue weighted by molar-refractivity contribution is -0.156. The monoisotopic (exact) mass is 304 g/mol. The second kappa shape index (κ2) is 5.78. The molecule has 0 fully saturated rings. The molecule has 0 saturated carbocycles. The molecule has 1 rings (SSSR count). The van der Waals surface area contributed by atoms with Gasteiger partial charge in [-0.25, -0.2) is 4.79 Å². The second-order valence-corrected chi connectivity index (χ2v) is 4.92. The van der Waals surface area contributed by atoms with E-state index in [1.54, 1.807) is 0 Å². The minimum atomic E-state index is -5.83. The molecule has 19 heavy (non-hydrogen) atoms. The Balaban J connectivity index is 2.91. The summed E-state index contributed by atoms with van der Waals surface area (Å²) in [5.41, 5.74) is -5.58. The van der Waals surface area contributed by atoms with Crippen LogP contribution in [0.25, 0.3) is 0 Å². The van der Waals surface area contributed by atoms with E-state index >= 15 is 0 Å². The number of carbonyl (C=O) groups is 1. The van der Waals surface area contributed by atoms with Gasteiger partial charge in [0.25, 0.3) is 0 Å². The summed E-state index contributed by atoms with van der Waals surface area (Å²) in [5, 5.41) is 0. The fraction of sp³-hybridized carbons (Fsp3) is 0.667. The van der Waals surface area contributed by atoms with E-state index in [0.29, 0.717) is 0 Å². The van der Waals surface area contributed by atoms with E-state index in [-0.39, 0.29) is 19.6 Å². The highest BCUT2D eigenvalue weighted by Crippen LogP contribution is 2.29. The maximum atomic E-state index is 12.2. The summed E-state index contributed by atoms with van der Waals surface area (Å²) in [4.78, 5) is 11.4. The van der Waals surface area contributed by atoms with Crippen molar-refractivity contribution in [1.82, 2.24) is 0 Å². The Bertz CT molecular complexity index is 467. The lowest BCUT2D eigenvalue weighted by Crippen LogP contribution is -2.35. The smallest absolute Gasteiger partial charge is 0.464 e. The Morgan fingerprint density at radius 2 is 2.16 bits per heavy atom. The third-order valence-corrected chi connectivity index (χ3v) is 2.98. The molecule has 1 aliphatic rings. The Morgan fingerprint density at radius 1 is 1.53 bits per heavy atom. The maximum Gasteiger partial charge on any atom is 0.534 e. The minimum Gasteiger partial charge on any atom is -0.464 e. The van der Waals surface area contributed by atoms with Crippen LogP contribution in [0.2, 0.25) is 0 Å². The fourth-order valence-corrected chi connectivity index (χ4v) is 1.73. The highest BCUT2D eigenvalue weighted by molar-refractivity contribution is 7.87. The Kier molecular flexibility index (Phi) is 4.80. The predicted molar refractivity (Wildman–Crippen MR) is 55.1 cm³/mol. The summed E-state index contributed by atoms with van der Waals surface area (Å²) >= 11 is 0. The lowest BCUT2D eigenvalue weighted by Gasteiger charge is -2.23. The molecule has 0 amide bonds. The van der Waals surface area contributed by atoms with Gasteiger partial charge in [0.05, 0.1) is 13.2 Å². The molecule has 10 heteroatoms. The molecule has 0 aromatic rings. The molecule has 110 valence electrons. The molecular weight excluding hydrogens is 293 g/mol. The second-order valence-electron chi connectivity index (χ2n) is 3.38. The van der Waals surface area contributed by atoms with Crippen LogP contribution in [0.15, 0.2) is 11.8 Å². The number of carbonyl (C=O) groups excluding carboxylic acids is 1. The van der Waals surface area contributed by atoms with Crippen LogP contribution >= 0.6 is 0 Å². The number of rotatable bonds is 4. The standard InChI is InChI=1S/C9H11F3O6S/c1-2-16-8(13)7-6(4-3-5-17-7)18-19(14,15)9(10,11)12/h4,7H,2-3,5H2,1H3. The van der Waals surface area contributed by atoms with E-state index in [0.717, 1.165) is 6.08 Å². The first kappa shape index (κ1) is 15.8. The number of alkyl halides is 3. The Labute approximate surface area is 107 Å². The summed E-state index contributed by atoms with van der Waals surface area (Å²) in [5.74, 6) is -1.74. The summed E-state index contributed by atoms with van der Waals surface area (Å²) in [7, 11) is -5.83. The molecule has 0 spiro atoms. The zero-order valence-corrected chi connectivity index (χ0v) is 10.6. The van der Waals surface area contributed by atoms with Gasteiger partial charge in [-0.2, -0.15) is 21.6 Å². The predicted octanol–water partition coefficient (Wildman–Crippen LogP) is 1.09. The van der Waals surface area contributed by atoms with Gasteiger partial charge in [0.2, 0.25) is 6.10 Å². The maximum absolute atomic E-state index is 12.2. The topological polar surface area (TPSA) is 78.9 Å². The van der Waals surface area contributed by atoms with E-state index in [4.69, 9.17) is 4.74 Å². The van der Waals surface area contributed by atoms with E-state index < -0.39 is 33.5 Å². The van der Waals surface area contributed by atoms with E-state index in [9.17, 15) is 26.4 Å². The first-order valence-electron chi connectivity index (χ1n) is 5.18. The third kappa shape index (κ3) is 3.83. The highest BCUT2D eigenvalue weighted by Gasteiger charge is 2.50. The van der Waals surface area contributed by atoms with Crippen molar-refractivity contribution in [1.29, 1.82) is 0 Å². The van der Waals surface area contributed by atoms with Gasteiger partial charge >= 0.3 is 21.6 Å². The highest BCUT2D eigenvalue weighted by atomic mass is 32.2. The number of hydrogen-bond donors (Lipinski definition) is 0. The summed E-state index contributed by atoms with van der Waals surface area (Å²) in [6.07, 6.45) is -0.432. The minimum absolute atomic E-state index is 0.0298. The number of halogens is 3. The zero-order chi connectivity index (χ0) is 14.7. The summed E-state index contributed by atoms with van der Waals surface area (Å²) < 4.78 is 71.5. The van der Waals surface area contributed by atoms with Crippen LogP contribution in [0.3, 0.4) is 0 Å². The van der Waals surface area contributed by atoms with Crippen LogP contribution in [0.5, 0.6) is 0 Å². The molecule has 0 aliphatic carbocycles. The van der Waals surface area contributed by atoms with Gasteiger partial charge in [-0.1, -0.05) is 0 Å². The third-order valence-electron chi connectivity index (χ3n) is 2.00. The van der Waals surface area contributed by atoms with Crippen LogP contribution in [0.1, 0.15) is 13.3 Å². The normalized spacial score (nSPS) is 20.6. The van der Waals surface area contributed by atoms with Crippen LogP contribution in [-0.4, -0.2) is 39.2 Å². The molecule has 0 saturated heterocycles. The average molecular weight is 304 g/mol. The van der Waals surface area contributed by atoms with Crippen LogP contribution in [0, 0.1) is 0 Å². The van der Waals surface area contributed by atoms with Crippen molar-refractivity contribution >= 4 is 16.1 Å². The lowest BCUT2D eigenvalue weighted by atomic mass is 10.2. The van der Waals surface area contributed by atoms with Gasteiger partial charge in [0.1, 0.15) is 0 Å². The van der Waals surface area contributed by atoms with E-state index in [1.807, 2.05) is 0 Å². The average Bonchev–Trinajstić information content (AvgIpc) is 2.28. The van der Waals surface area contributed by atoms with Gasteiger partial charge in [-0.15, -0.1) is 0 Å². The molecule has 1 aliphatic heterocycles. The van der Waals surface area contributed by atoms with Crippen molar-refractivity contribution in [2.24, 2.45) is 0 Å². The van der Waals surface area contributed by atoms with Crippen LogP contribution in [-0.2, 0) is 28.6 Å². The number of ether oxygens (including phenoxy) is 2. The zero-order valence-electron chi connectivity index (χ0n) is 9.77.